The number of rotatable bonds is 6. The SMILES string of the molecule is O=C(NCC(c1cccs1)N1CCOCC1)c1ccc(-n2cncn2)cc1. The monoisotopic (exact) mass is 383 g/mol. The van der Waals surface area contributed by atoms with Crippen molar-refractivity contribution in [3.05, 3.63) is 64.9 Å². The summed E-state index contributed by atoms with van der Waals surface area (Å²) in [5.74, 6) is -0.0741. The maximum Gasteiger partial charge on any atom is 0.251 e. The minimum atomic E-state index is -0.0741. The molecule has 4 rings (SSSR count). The third-order valence-electron chi connectivity index (χ3n) is 4.63. The number of carbonyl (C=O) groups is 1. The average molecular weight is 383 g/mol. The molecule has 0 aliphatic carbocycles. The van der Waals surface area contributed by atoms with Crippen molar-refractivity contribution in [1.29, 1.82) is 0 Å². The van der Waals surface area contributed by atoms with Crippen molar-refractivity contribution in [3.63, 3.8) is 0 Å². The highest BCUT2D eigenvalue weighted by Gasteiger charge is 2.24. The Morgan fingerprint density at radius 3 is 2.70 bits per heavy atom. The molecule has 0 spiro atoms. The molecule has 1 saturated heterocycles. The molecular weight excluding hydrogens is 362 g/mol. The van der Waals surface area contributed by atoms with E-state index in [4.69, 9.17) is 4.74 Å². The van der Waals surface area contributed by atoms with Crippen molar-refractivity contribution in [3.8, 4) is 5.69 Å². The summed E-state index contributed by atoms with van der Waals surface area (Å²) in [5, 5.41) is 9.26. The van der Waals surface area contributed by atoms with Gasteiger partial charge in [0.05, 0.1) is 24.9 Å². The fourth-order valence-corrected chi connectivity index (χ4v) is 4.04. The third kappa shape index (κ3) is 4.24. The lowest BCUT2D eigenvalue weighted by molar-refractivity contribution is 0.0169. The average Bonchev–Trinajstić information content (AvgIpc) is 3.43. The molecule has 0 radical (unpaired) electrons. The molecule has 1 aliphatic heterocycles. The second-order valence-corrected chi connectivity index (χ2v) is 7.26. The van der Waals surface area contributed by atoms with Crippen LogP contribution in [0.4, 0.5) is 0 Å². The molecule has 1 fully saturated rings. The van der Waals surface area contributed by atoms with Crippen LogP contribution in [0.15, 0.2) is 54.4 Å². The molecule has 1 unspecified atom stereocenters. The Hall–Kier alpha value is -2.55. The maximum atomic E-state index is 12.6. The number of hydrogen-bond donors (Lipinski definition) is 1. The molecule has 27 heavy (non-hydrogen) atoms. The van der Waals surface area contributed by atoms with Gasteiger partial charge in [-0.25, -0.2) is 9.67 Å². The van der Waals surface area contributed by atoms with E-state index < -0.39 is 0 Å². The molecule has 0 saturated carbocycles. The Kier molecular flexibility index (Phi) is 5.57. The lowest BCUT2D eigenvalue weighted by Crippen LogP contribution is -2.43. The molecule has 8 heteroatoms. The fourth-order valence-electron chi connectivity index (χ4n) is 3.18. The largest absolute Gasteiger partial charge is 0.379 e. The number of aromatic nitrogens is 3. The smallest absolute Gasteiger partial charge is 0.251 e. The van der Waals surface area contributed by atoms with Gasteiger partial charge in [-0.15, -0.1) is 11.3 Å². The van der Waals surface area contributed by atoms with Gasteiger partial charge in [0.2, 0.25) is 0 Å². The van der Waals surface area contributed by atoms with Gasteiger partial charge in [-0.1, -0.05) is 6.07 Å². The van der Waals surface area contributed by atoms with Crippen molar-refractivity contribution in [2.75, 3.05) is 32.8 Å². The molecule has 1 atom stereocenters. The maximum absolute atomic E-state index is 12.6. The summed E-state index contributed by atoms with van der Waals surface area (Å²) in [6, 6.07) is 11.7. The van der Waals surface area contributed by atoms with Gasteiger partial charge in [0.25, 0.3) is 5.91 Å². The summed E-state index contributed by atoms with van der Waals surface area (Å²) < 4.78 is 7.13. The zero-order valence-corrected chi connectivity index (χ0v) is 15.6. The molecule has 7 nitrogen and oxygen atoms in total. The number of ether oxygens (including phenoxy) is 1. The number of nitrogens with zero attached hydrogens (tertiary/aromatic N) is 4. The number of hydrogen-bond acceptors (Lipinski definition) is 6. The molecule has 1 amide bonds. The molecule has 0 bridgehead atoms. The topological polar surface area (TPSA) is 72.3 Å². The zero-order chi connectivity index (χ0) is 18.5. The first kappa shape index (κ1) is 17.8. The molecular formula is C19H21N5O2S. The Bertz CT molecular complexity index is 843. The number of carbonyl (C=O) groups excluding carboxylic acids is 1. The molecule has 3 heterocycles. The Morgan fingerprint density at radius 1 is 1.22 bits per heavy atom. The van der Waals surface area contributed by atoms with Gasteiger partial charge in [-0.05, 0) is 35.7 Å². The van der Waals surface area contributed by atoms with E-state index in [1.54, 1.807) is 34.5 Å². The van der Waals surface area contributed by atoms with Crippen molar-refractivity contribution < 1.29 is 9.53 Å². The van der Waals surface area contributed by atoms with E-state index in [0.29, 0.717) is 12.1 Å². The highest BCUT2D eigenvalue weighted by atomic mass is 32.1. The second kappa shape index (κ2) is 8.43. The van der Waals surface area contributed by atoms with Crippen LogP contribution in [0, 0.1) is 0 Å². The quantitative estimate of drug-likeness (QED) is 0.706. The number of amides is 1. The van der Waals surface area contributed by atoms with Crippen molar-refractivity contribution in [2.45, 2.75) is 6.04 Å². The van der Waals surface area contributed by atoms with Crippen molar-refractivity contribution >= 4 is 17.2 Å². The number of nitrogens with one attached hydrogen (secondary N) is 1. The Morgan fingerprint density at radius 2 is 2.04 bits per heavy atom. The summed E-state index contributed by atoms with van der Waals surface area (Å²) in [4.78, 5) is 20.2. The van der Waals surface area contributed by atoms with Crippen LogP contribution in [0.25, 0.3) is 5.69 Å². The van der Waals surface area contributed by atoms with Crippen LogP contribution < -0.4 is 5.32 Å². The van der Waals surface area contributed by atoms with E-state index >= 15 is 0 Å². The van der Waals surface area contributed by atoms with Crippen LogP contribution in [0.2, 0.25) is 0 Å². The summed E-state index contributed by atoms with van der Waals surface area (Å²) >= 11 is 1.72. The van der Waals surface area contributed by atoms with Crippen LogP contribution in [-0.2, 0) is 4.74 Å². The minimum absolute atomic E-state index is 0.0741. The Labute approximate surface area is 161 Å². The summed E-state index contributed by atoms with van der Waals surface area (Å²) in [6.45, 7) is 3.80. The van der Waals surface area contributed by atoms with Crippen LogP contribution in [0.3, 0.4) is 0 Å². The minimum Gasteiger partial charge on any atom is -0.379 e. The summed E-state index contributed by atoms with van der Waals surface area (Å²) in [5.41, 5.74) is 1.50. The molecule has 1 aliphatic rings. The summed E-state index contributed by atoms with van der Waals surface area (Å²) in [7, 11) is 0. The zero-order valence-electron chi connectivity index (χ0n) is 14.8. The number of thiophene rings is 1. The lowest BCUT2D eigenvalue weighted by Gasteiger charge is -2.34. The standard InChI is InChI=1S/C19H21N5O2S/c25-19(15-3-5-16(6-4-15)24-14-20-13-22-24)21-12-17(18-2-1-11-27-18)23-7-9-26-10-8-23/h1-6,11,13-14,17H,7-10,12H2,(H,21,25). The van der Waals surface area contributed by atoms with E-state index in [-0.39, 0.29) is 11.9 Å². The highest BCUT2D eigenvalue weighted by Crippen LogP contribution is 2.25. The molecule has 1 aromatic carbocycles. The Balaban J connectivity index is 1.41. The summed E-state index contributed by atoms with van der Waals surface area (Å²) in [6.07, 6.45) is 3.11. The van der Waals surface area contributed by atoms with Crippen LogP contribution in [0.5, 0.6) is 0 Å². The highest BCUT2D eigenvalue weighted by molar-refractivity contribution is 7.10. The first-order valence-corrected chi connectivity index (χ1v) is 9.78. The van der Waals surface area contributed by atoms with E-state index in [0.717, 1.165) is 32.0 Å². The van der Waals surface area contributed by atoms with E-state index in [1.807, 2.05) is 12.1 Å². The van der Waals surface area contributed by atoms with Gasteiger partial charge in [-0.2, -0.15) is 5.10 Å². The second-order valence-electron chi connectivity index (χ2n) is 6.28. The van der Waals surface area contributed by atoms with Crippen molar-refractivity contribution in [1.82, 2.24) is 25.0 Å². The first-order valence-electron chi connectivity index (χ1n) is 8.90. The van der Waals surface area contributed by atoms with E-state index in [1.165, 1.54) is 11.2 Å². The lowest BCUT2D eigenvalue weighted by atomic mass is 10.1. The molecule has 3 aromatic rings. The van der Waals surface area contributed by atoms with Gasteiger partial charge < -0.3 is 10.1 Å². The number of benzene rings is 1. The van der Waals surface area contributed by atoms with Gasteiger partial charge in [0.15, 0.2) is 0 Å². The van der Waals surface area contributed by atoms with Gasteiger partial charge in [0, 0.05) is 30.1 Å². The number of morpholine rings is 1. The van der Waals surface area contributed by atoms with Gasteiger partial charge in [-0.3, -0.25) is 9.69 Å². The molecule has 140 valence electrons. The van der Waals surface area contributed by atoms with Crippen LogP contribution in [0.1, 0.15) is 21.3 Å². The van der Waals surface area contributed by atoms with E-state index in [2.05, 4.69) is 37.8 Å². The predicted octanol–water partition coefficient (Wildman–Crippen LogP) is 2.13. The normalized spacial score (nSPS) is 16.1. The van der Waals surface area contributed by atoms with E-state index in [9.17, 15) is 4.79 Å². The fraction of sp³-hybridized carbons (Fsp3) is 0.316. The van der Waals surface area contributed by atoms with Gasteiger partial charge in [0.1, 0.15) is 12.7 Å². The predicted molar refractivity (Wildman–Crippen MR) is 103 cm³/mol. The first-order chi connectivity index (χ1) is 13.3. The molecule has 2 aromatic heterocycles. The van der Waals surface area contributed by atoms with Gasteiger partial charge >= 0.3 is 0 Å². The third-order valence-corrected chi connectivity index (χ3v) is 5.60. The van der Waals surface area contributed by atoms with Crippen LogP contribution >= 0.6 is 11.3 Å². The molecule has 1 N–H and O–H groups in total. The van der Waals surface area contributed by atoms with Crippen LogP contribution in [-0.4, -0.2) is 58.4 Å². The van der Waals surface area contributed by atoms with Crippen molar-refractivity contribution in [2.24, 2.45) is 0 Å².